The molecule has 110 valence electrons. The lowest BCUT2D eigenvalue weighted by Crippen LogP contribution is -2.36. The second-order valence-corrected chi connectivity index (χ2v) is 5.25. The van der Waals surface area contributed by atoms with Crippen LogP contribution >= 0.6 is 0 Å². The number of amides is 1. The lowest BCUT2D eigenvalue weighted by atomic mass is 10.1. The van der Waals surface area contributed by atoms with E-state index in [9.17, 15) is 4.79 Å². The van der Waals surface area contributed by atoms with Crippen LogP contribution in [0.25, 0.3) is 0 Å². The van der Waals surface area contributed by atoms with Crippen molar-refractivity contribution in [3.8, 4) is 0 Å². The van der Waals surface area contributed by atoms with Gasteiger partial charge in [-0.05, 0) is 31.5 Å². The fourth-order valence-corrected chi connectivity index (χ4v) is 2.58. The van der Waals surface area contributed by atoms with E-state index in [-0.39, 0.29) is 12.5 Å². The number of anilines is 1. The summed E-state index contributed by atoms with van der Waals surface area (Å²) in [5.41, 5.74) is 8.13. The van der Waals surface area contributed by atoms with E-state index in [0.29, 0.717) is 24.3 Å². The van der Waals surface area contributed by atoms with E-state index < -0.39 is 0 Å². The van der Waals surface area contributed by atoms with Gasteiger partial charge in [-0.15, -0.1) is 0 Å². The van der Waals surface area contributed by atoms with Gasteiger partial charge in [-0.1, -0.05) is 12.1 Å². The van der Waals surface area contributed by atoms with E-state index in [1.807, 2.05) is 24.0 Å². The third-order valence-electron chi connectivity index (χ3n) is 3.85. The predicted octanol–water partition coefficient (Wildman–Crippen LogP) is 0.717. The molecule has 1 fully saturated rings. The van der Waals surface area contributed by atoms with Gasteiger partial charge in [-0.2, -0.15) is 0 Å². The number of carbonyl (C=O) groups is 1. The number of hydrogen-bond acceptors (Lipinski definition) is 4. The number of hydrogen-bond donors (Lipinski definition) is 2. The number of nitrogens with zero attached hydrogens (tertiary/aromatic N) is 2. The number of para-hydroxylation sites is 1. The predicted molar refractivity (Wildman–Crippen MR) is 79.6 cm³/mol. The van der Waals surface area contributed by atoms with Crippen LogP contribution < -0.4 is 5.73 Å². The summed E-state index contributed by atoms with van der Waals surface area (Å²) < 4.78 is 0. The molecule has 0 saturated carbocycles. The van der Waals surface area contributed by atoms with Crippen LogP contribution in [0, 0.1) is 6.92 Å². The van der Waals surface area contributed by atoms with Gasteiger partial charge in [0.2, 0.25) is 0 Å². The van der Waals surface area contributed by atoms with Crippen LogP contribution in [0.4, 0.5) is 5.69 Å². The molecule has 0 unspecified atom stereocenters. The van der Waals surface area contributed by atoms with Crippen molar-refractivity contribution in [2.24, 2.45) is 0 Å². The zero-order valence-electron chi connectivity index (χ0n) is 12.0. The molecule has 2 rings (SSSR count). The van der Waals surface area contributed by atoms with Crippen molar-refractivity contribution < 1.29 is 9.90 Å². The maximum absolute atomic E-state index is 12.6. The lowest BCUT2D eigenvalue weighted by molar-refractivity contribution is 0.0761. The minimum atomic E-state index is 0.0112. The van der Waals surface area contributed by atoms with E-state index in [4.69, 9.17) is 10.8 Å². The Balaban J connectivity index is 2.07. The van der Waals surface area contributed by atoms with Crippen molar-refractivity contribution in [2.45, 2.75) is 13.3 Å². The largest absolute Gasteiger partial charge is 0.398 e. The molecule has 1 heterocycles. The minimum absolute atomic E-state index is 0.0112. The van der Waals surface area contributed by atoms with Gasteiger partial charge in [0.15, 0.2) is 0 Å². The summed E-state index contributed by atoms with van der Waals surface area (Å²) in [5, 5.41) is 8.99. The smallest absolute Gasteiger partial charge is 0.255 e. The van der Waals surface area contributed by atoms with E-state index in [0.717, 1.165) is 31.6 Å². The van der Waals surface area contributed by atoms with Crippen molar-refractivity contribution in [1.82, 2.24) is 9.80 Å². The SMILES string of the molecule is Cc1cccc(C(=O)N2CCCN(CCO)CC2)c1N. The fraction of sp³-hybridized carbons (Fsp3) is 0.533. The molecule has 0 spiro atoms. The molecule has 1 aromatic rings. The molecule has 1 saturated heterocycles. The Morgan fingerprint density at radius 3 is 2.85 bits per heavy atom. The third kappa shape index (κ3) is 3.29. The highest BCUT2D eigenvalue weighted by atomic mass is 16.3. The van der Waals surface area contributed by atoms with Gasteiger partial charge < -0.3 is 15.7 Å². The average molecular weight is 277 g/mol. The number of benzene rings is 1. The molecule has 5 heteroatoms. The monoisotopic (exact) mass is 277 g/mol. The van der Waals surface area contributed by atoms with Gasteiger partial charge >= 0.3 is 0 Å². The van der Waals surface area contributed by atoms with Crippen LogP contribution in [0.2, 0.25) is 0 Å². The summed E-state index contributed by atoms with van der Waals surface area (Å²) >= 11 is 0. The first-order valence-corrected chi connectivity index (χ1v) is 7.11. The highest BCUT2D eigenvalue weighted by Gasteiger charge is 2.21. The molecule has 1 aromatic carbocycles. The van der Waals surface area contributed by atoms with Crippen LogP contribution in [0.3, 0.4) is 0 Å². The van der Waals surface area contributed by atoms with Crippen molar-refractivity contribution >= 4 is 11.6 Å². The quantitative estimate of drug-likeness (QED) is 0.799. The molecule has 0 aromatic heterocycles. The van der Waals surface area contributed by atoms with Crippen molar-refractivity contribution in [1.29, 1.82) is 0 Å². The Morgan fingerprint density at radius 2 is 2.10 bits per heavy atom. The van der Waals surface area contributed by atoms with Crippen LogP contribution in [0.5, 0.6) is 0 Å². The van der Waals surface area contributed by atoms with Gasteiger partial charge in [0.25, 0.3) is 5.91 Å². The van der Waals surface area contributed by atoms with Crippen molar-refractivity contribution in [3.05, 3.63) is 29.3 Å². The third-order valence-corrected chi connectivity index (χ3v) is 3.85. The molecule has 5 nitrogen and oxygen atoms in total. The molecule has 3 N–H and O–H groups in total. The average Bonchev–Trinajstić information content (AvgIpc) is 2.67. The van der Waals surface area contributed by atoms with Crippen LogP contribution in [-0.4, -0.2) is 60.1 Å². The van der Waals surface area contributed by atoms with Gasteiger partial charge in [0.05, 0.1) is 12.2 Å². The number of carbonyl (C=O) groups excluding carboxylic acids is 1. The zero-order valence-corrected chi connectivity index (χ0v) is 12.0. The van der Waals surface area contributed by atoms with Crippen molar-refractivity contribution in [2.75, 3.05) is 45.1 Å². The highest BCUT2D eigenvalue weighted by molar-refractivity contribution is 5.99. The number of β-amino-alcohol motifs (C(OH)–C–C–N with tert-alkyl or cyclic N) is 1. The summed E-state index contributed by atoms with van der Waals surface area (Å²) in [7, 11) is 0. The molecule has 0 bridgehead atoms. The van der Waals surface area contributed by atoms with E-state index in [1.165, 1.54) is 0 Å². The summed E-state index contributed by atoms with van der Waals surface area (Å²) in [6.07, 6.45) is 0.928. The zero-order chi connectivity index (χ0) is 14.5. The standard InChI is InChI=1S/C15H23N3O2/c1-12-4-2-5-13(14(12)16)15(20)18-7-3-6-17(8-9-18)10-11-19/h2,4-5,19H,3,6-11,16H2,1H3. The molecule has 0 radical (unpaired) electrons. The fourth-order valence-electron chi connectivity index (χ4n) is 2.58. The summed E-state index contributed by atoms with van der Waals surface area (Å²) in [5.74, 6) is 0.0112. The molecular formula is C15H23N3O2. The second kappa shape index (κ2) is 6.72. The molecule has 20 heavy (non-hydrogen) atoms. The highest BCUT2D eigenvalue weighted by Crippen LogP contribution is 2.19. The maximum atomic E-state index is 12.6. The number of nitrogens with two attached hydrogens (primary N) is 1. The first kappa shape index (κ1) is 14.8. The Morgan fingerprint density at radius 1 is 1.30 bits per heavy atom. The second-order valence-electron chi connectivity index (χ2n) is 5.25. The van der Waals surface area contributed by atoms with Gasteiger partial charge in [-0.3, -0.25) is 9.69 Å². The molecule has 0 aliphatic carbocycles. The van der Waals surface area contributed by atoms with E-state index in [2.05, 4.69) is 4.90 Å². The van der Waals surface area contributed by atoms with Crippen LogP contribution in [0.1, 0.15) is 22.3 Å². The number of aliphatic hydroxyl groups excluding tert-OH is 1. The topological polar surface area (TPSA) is 69.8 Å². The Hall–Kier alpha value is -1.59. The normalized spacial score (nSPS) is 17.0. The summed E-state index contributed by atoms with van der Waals surface area (Å²) in [4.78, 5) is 16.6. The molecule has 1 aliphatic heterocycles. The van der Waals surface area contributed by atoms with Crippen LogP contribution in [-0.2, 0) is 0 Å². The number of nitrogen functional groups attached to an aromatic ring is 1. The van der Waals surface area contributed by atoms with E-state index in [1.54, 1.807) is 6.07 Å². The molecular weight excluding hydrogens is 254 g/mol. The first-order chi connectivity index (χ1) is 9.63. The Labute approximate surface area is 120 Å². The van der Waals surface area contributed by atoms with Gasteiger partial charge in [0.1, 0.15) is 0 Å². The number of aliphatic hydroxyl groups is 1. The summed E-state index contributed by atoms with van der Waals surface area (Å²) in [6, 6.07) is 5.58. The summed E-state index contributed by atoms with van der Waals surface area (Å²) in [6.45, 7) is 5.91. The Bertz CT molecular complexity index is 476. The van der Waals surface area contributed by atoms with Gasteiger partial charge in [-0.25, -0.2) is 0 Å². The number of aryl methyl sites for hydroxylation is 1. The van der Waals surface area contributed by atoms with E-state index >= 15 is 0 Å². The maximum Gasteiger partial charge on any atom is 0.255 e. The molecule has 0 atom stereocenters. The molecule has 1 aliphatic rings. The van der Waals surface area contributed by atoms with Crippen LogP contribution in [0.15, 0.2) is 18.2 Å². The van der Waals surface area contributed by atoms with Gasteiger partial charge in [0, 0.05) is 31.9 Å². The molecule has 1 amide bonds. The number of rotatable bonds is 3. The lowest BCUT2D eigenvalue weighted by Gasteiger charge is -2.22. The Kier molecular flexibility index (Phi) is 4.98. The van der Waals surface area contributed by atoms with Crippen molar-refractivity contribution in [3.63, 3.8) is 0 Å². The minimum Gasteiger partial charge on any atom is -0.398 e. The first-order valence-electron chi connectivity index (χ1n) is 7.11.